The lowest BCUT2D eigenvalue weighted by molar-refractivity contribution is 0.289. The van der Waals surface area contributed by atoms with Crippen molar-refractivity contribution in [1.29, 1.82) is 0 Å². The molecule has 1 N–H and O–H groups in total. The molecule has 0 radical (unpaired) electrons. The maximum absolute atomic E-state index is 11.4. The molecule has 1 aliphatic rings. The topological polar surface area (TPSA) is 67.2 Å². The summed E-state index contributed by atoms with van der Waals surface area (Å²) in [6.45, 7) is 5.03. The average Bonchev–Trinajstić information content (AvgIpc) is 2.83. The van der Waals surface area contributed by atoms with Crippen molar-refractivity contribution < 1.29 is 8.42 Å². The van der Waals surface area contributed by atoms with Crippen molar-refractivity contribution in [3.05, 3.63) is 18.2 Å². The summed E-state index contributed by atoms with van der Waals surface area (Å²) in [5.41, 5.74) is 1.17. The monoisotopic (exact) mass is 286 g/mol. The van der Waals surface area contributed by atoms with Gasteiger partial charge in [-0.3, -0.25) is 0 Å². The fraction of sp³-hybridized carbons (Fsp3) is 0.750. The van der Waals surface area contributed by atoms with Crippen molar-refractivity contribution in [2.75, 3.05) is 19.3 Å². The largest absolute Gasteiger partial charge is 0.334 e. The molecule has 6 nitrogen and oxygen atoms in total. The number of nitrogens with zero attached hydrogens (tertiary/aromatic N) is 3. The van der Waals surface area contributed by atoms with Crippen LogP contribution < -0.4 is 5.32 Å². The summed E-state index contributed by atoms with van der Waals surface area (Å²) in [7, 11) is -3.03. The highest BCUT2D eigenvalue weighted by atomic mass is 32.2. The maximum atomic E-state index is 11.4. The first-order valence-corrected chi connectivity index (χ1v) is 8.53. The highest BCUT2D eigenvalue weighted by Crippen LogP contribution is 2.13. The first kappa shape index (κ1) is 14.5. The fourth-order valence-electron chi connectivity index (χ4n) is 2.42. The quantitative estimate of drug-likeness (QED) is 0.852. The van der Waals surface area contributed by atoms with Crippen LogP contribution in [0.15, 0.2) is 12.5 Å². The number of sulfonamides is 1. The number of hydrogen-bond acceptors (Lipinski definition) is 4. The Morgan fingerprint density at radius 2 is 2.11 bits per heavy atom. The second-order valence-corrected chi connectivity index (χ2v) is 6.97. The van der Waals surface area contributed by atoms with E-state index in [2.05, 4.69) is 21.8 Å². The van der Waals surface area contributed by atoms with Gasteiger partial charge in [0.25, 0.3) is 0 Å². The summed E-state index contributed by atoms with van der Waals surface area (Å²) in [6.07, 6.45) is 6.73. The minimum absolute atomic E-state index is 0.387. The Morgan fingerprint density at radius 3 is 2.68 bits per heavy atom. The lowest BCUT2D eigenvalue weighted by atomic mass is 10.1. The van der Waals surface area contributed by atoms with Gasteiger partial charge >= 0.3 is 0 Å². The van der Waals surface area contributed by atoms with E-state index < -0.39 is 10.0 Å². The highest BCUT2D eigenvalue weighted by Gasteiger charge is 2.24. The van der Waals surface area contributed by atoms with Crippen LogP contribution in [0.25, 0.3) is 0 Å². The van der Waals surface area contributed by atoms with Crippen molar-refractivity contribution in [3.8, 4) is 0 Å². The Morgan fingerprint density at radius 1 is 1.42 bits per heavy atom. The van der Waals surface area contributed by atoms with Crippen molar-refractivity contribution in [1.82, 2.24) is 19.2 Å². The smallest absolute Gasteiger partial charge is 0.211 e. The number of piperidine rings is 1. The summed E-state index contributed by atoms with van der Waals surface area (Å²) in [6, 6.07) is 0.387. The van der Waals surface area contributed by atoms with E-state index >= 15 is 0 Å². The Bertz CT molecular complexity index is 504. The first-order valence-electron chi connectivity index (χ1n) is 6.68. The molecule has 1 aromatic heterocycles. The molecule has 1 saturated heterocycles. The number of hydrogen-bond donors (Lipinski definition) is 1. The molecule has 0 bridgehead atoms. The van der Waals surface area contributed by atoms with E-state index in [9.17, 15) is 8.42 Å². The fourth-order valence-corrected chi connectivity index (χ4v) is 3.29. The average molecular weight is 286 g/mol. The van der Waals surface area contributed by atoms with Crippen LogP contribution in [0.5, 0.6) is 0 Å². The van der Waals surface area contributed by atoms with E-state index in [-0.39, 0.29) is 0 Å². The van der Waals surface area contributed by atoms with Gasteiger partial charge in [-0.25, -0.2) is 17.7 Å². The van der Waals surface area contributed by atoms with E-state index in [1.807, 2.05) is 12.5 Å². The maximum Gasteiger partial charge on any atom is 0.211 e. The number of aromatic nitrogens is 2. The van der Waals surface area contributed by atoms with Gasteiger partial charge in [-0.2, -0.15) is 0 Å². The van der Waals surface area contributed by atoms with E-state index in [1.54, 1.807) is 4.31 Å². The molecule has 1 aliphatic heterocycles. The van der Waals surface area contributed by atoms with Gasteiger partial charge in [-0.1, -0.05) is 0 Å². The summed E-state index contributed by atoms with van der Waals surface area (Å²) in [5, 5.41) is 3.49. The second-order valence-electron chi connectivity index (χ2n) is 4.99. The van der Waals surface area contributed by atoms with Crippen LogP contribution in [0.3, 0.4) is 0 Å². The zero-order chi connectivity index (χ0) is 13.9. The van der Waals surface area contributed by atoms with Crippen LogP contribution in [0.1, 0.15) is 25.5 Å². The van der Waals surface area contributed by atoms with Gasteiger partial charge in [0.1, 0.15) is 0 Å². The lowest BCUT2D eigenvalue weighted by Crippen LogP contribution is -2.44. The van der Waals surface area contributed by atoms with Gasteiger partial charge in [0.05, 0.1) is 18.3 Å². The van der Waals surface area contributed by atoms with Crippen LogP contribution in [-0.4, -0.2) is 47.7 Å². The third-order valence-corrected chi connectivity index (χ3v) is 4.94. The van der Waals surface area contributed by atoms with E-state index in [0.717, 1.165) is 25.9 Å². The van der Waals surface area contributed by atoms with Crippen LogP contribution in [0.4, 0.5) is 0 Å². The molecular weight excluding hydrogens is 264 g/mol. The Kier molecular flexibility index (Phi) is 4.59. The lowest BCUT2D eigenvalue weighted by Gasteiger charge is -2.30. The Hall–Kier alpha value is -0.920. The molecule has 1 fully saturated rings. The predicted molar refractivity (Wildman–Crippen MR) is 74.2 cm³/mol. The standard InChI is InChI=1S/C12H22N4O2S/c1-3-15-10-13-8-12(15)9-14-11-4-6-16(7-5-11)19(2,17)18/h8,10-11,14H,3-7,9H2,1-2H3. The normalized spacial score (nSPS) is 18.8. The second kappa shape index (κ2) is 6.02. The van der Waals surface area contributed by atoms with Gasteiger partial charge < -0.3 is 9.88 Å². The van der Waals surface area contributed by atoms with Gasteiger partial charge in [-0.15, -0.1) is 0 Å². The van der Waals surface area contributed by atoms with Crippen molar-refractivity contribution in [2.45, 2.75) is 38.9 Å². The van der Waals surface area contributed by atoms with Crippen LogP contribution in [0.2, 0.25) is 0 Å². The number of aryl methyl sites for hydroxylation is 1. The Labute approximate surface area is 114 Å². The molecule has 2 heterocycles. The highest BCUT2D eigenvalue weighted by molar-refractivity contribution is 7.88. The third-order valence-electron chi connectivity index (χ3n) is 3.63. The molecule has 0 saturated carbocycles. The molecule has 1 aromatic rings. The molecule has 0 spiro atoms. The van der Waals surface area contributed by atoms with Crippen LogP contribution in [0, 0.1) is 0 Å². The summed E-state index contributed by atoms with van der Waals surface area (Å²) in [5.74, 6) is 0. The summed E-state index contributed by atoms with van der Waals surface area (Å²) in [4.78, 5) is 4.14. The van der Waals surface area contributed by atoms with Gasteiger partial charge in [0.15, 0.2) is 0 Å². The van der Waals surface area contributed by atoms with Gasteiger partial charge in [0.2, 0.25) is 10.0 Å². The number of nitrogens with one attached hydrogen (secondary N) is 1. The molecule has 19 heavy (non-hydrogen) atoms. The van der Waals surface area contributed by atoms with Gasteiger partial charge in [-0.05, 0) is 19.8 Å². The van der Waals surface area contributed by atoms with Gasteiger partial charge in [0, 0.05) is 38.4 Å². The van der Waals surface area contributed by atoms with Crippen molar-refractivity contribution in [2.24, 2.45) is 0 Å². The molecule has 0 unspecified atom stereocenters. The molecule has 108 valence electrons. The van der Waals surface area contributed by atoms with E-state index in [4.69, 9.17) is 0 Å². The molecule has 7 heteroatoms. The predicted octanol–water partition coefficient (Wildman–Crippen LogP) is 0.417. The van der Waals surface area contributed by atoms with E-state index in [0.29, 0.717) is 19.1 Å². The minimum atomic E-state index is -3.03. The molecule has 0 amide bonds. The number of rotatable bonds is 5. The molecule has 0 aliphatic carbocycles. The molecule has 0 atom stereocenters. The molecule has 0 aromatic carbocycles. The first-order chi connectivity index (χ1) is 9.00. The Balaban J connectivity index is 1.80. The summed E-state index contributed by atoms with van der Waals surface area (Å²) >= 11 is 0. The molecule has 2 rings (SSSR count). The minimum Gasteiger partial charge on any atom is -0.334 e. The van der Waals surface area contributed by atoms with Crippen LogP contribution >= 0.6 is 0 Å². The molecular formula is C12H22N4O2S. The van der Waals surface area contributed by atoms with Crippen molar-refractivity contribution in [3.63, 3.8) is 0 Å². The third kappa shape index (κ3) is 3.77. The zero-order valence-electron chi connectivity index (χ0n) is 11.5. The van der Waals surface area contributed by atoms with E-state index in [1.165, 1.54) is 11.9 Å². The number of imidazole rings is 1. The zero-order valence-corrected chi connectivity index (χ0v) is 12.4. The SMILES string of the molecule is CCn1cncc1CNC1CCN(S(C)(=O)=O)CC1. The van der Waals surface area contributed by atoms with Crippen molar-refractivity contribution >= 4 is 10.0 Å². The summed E-state index contributed by atoms with van der Waals surface area (Å²) < 4.78 is 26.5. The van der Waals surface area contributed by atoms with Crippen LogP contribution in [-0.2, 0) is 23.1 Å².